The Balaban J connectivity index is 2.13. The average Bonchev–Trinajstić information content (AvgIpc) is 2.95. The minimum Gasteiger partial charge on any atom is -0.495 e. The molecule has 1 aromatic carbocycles. The summed E-state index contributed by atoms with van der Waals surface area (Å²) >= 11 is 0. The fourth-order valence-electron chi connectivity index (χ4n) is 2.99. The molecule has 2 rings (SSSR count). The van der Waals surface area contributed by atoms with Crippen LogP contribution >= 0.6 is 0 Å². The van der Waals surface area contributed by atoms with Crippen LogP contribution in [0.2, 0.25) is 0 Å². The molecule has 1 aromatic rings. The second-order valence-electron chi connectivity index (χ2n) is 5.79. The summed E-state index contributed by atoms with van der Waals surface area (Å²) in [6.45, 7) is 2.63. The first-order valence-corrected chi connectivity index (χ1v) is 8.84. The van der Waals surface area contributed by atoms with Crippen molar-refractivity contribution in [3.8, 4) is 5.75 Å². The minimum absolute atomic E-state index is 0.116. The number of methoxy groups -OCH3 is 1. The maximum Gasteiger partial charge on any atom is 0.240 e. The fraction of sp³-hybridized carbons (Fsp3) is 0.600. The predicted octanol–water partition coefficient (Wildman–Crippen LogP) is 2.53. The van der Waals surface area contributed by atoms with Crippen molar-refractivity contribution >= 4 is 15.7 Å². The van der Waals surface area contributed by atoms with Crippen LogP contribution < -0.4 is 15.2 Å². The molecular formula is C15H24N2O3S. The van der Waals surface area contributed by atoms with Gasteiger partial charge in [-0.05, 0) is 42.9 Å². The number of nitrogens with one attached hydrogen (secondary N) is 1. The van der Waals surface area contributed by atoms with E-state index in [4.69, 9.17) is 10.5 Å². The molecule has 21 heavy (non-hydrogen) atoms. The zero-order chi connectivity index (χ0) is 15.5. The number of nitrogens with two attached hydrogens (primary N) is 1. The molecule has 0 spiro atoms. The smallest absolute Gasteiger partial charge is 0.240 e. The number of ether oxygens (including phenoxy) is 1. The first kappa shape index (κ1) is 16.1. The summed E-state index contributed by atoms with van der Waals surface area (Å²) in [5, 5.41) is 0. The van der Waals surface area contributed by atoms with Gasteiger partial charge in [-0.3, -0.25) is 0 Å². The van der Waals surface area contributed by atoms with Gasteiger partial charge in [0.15, 0.2) is 0 Å². The van der Waals surface area contributed by atoms with E-state index in [9.17, 15) is 8.42 Å². The molecule has 0 aromatic heterocycles. The highest BCUT2D eigenvalue weighted by Crippen LogP contribution is 2.40. The quantitative estimate of drug-likeness (QED) is 0.791. The summed E-state index contributed by atoms with van der Waals surface area (Å²) in [5.74, 6) is 0.481. The molecule has 0 amide bonds. The summed E-state index contributed by atoms with van der Waals surface area (Å²) in [5.41, 5.74) is 6.22. The van der Waals surface area contributed by atoms with E-state index in [1.165, 1.54) is 32.1 Å². The van der Waals surface area contributed by atoms with E-state index in [0.717, 1.165) is 19.3 Å². The number of rotatable bonds is 6. The van der Waals surface area contributed by atoms with E-state index in [1.54, 1.807) is 6.07 Å². The molecule has 0 unspecified atom stereocenters. The Morgan fingerprint density at radius 1 is 1.33 bits per heavy atom. The molecule has 0 saturated heterocycles. The highest BCUT2D eigenvalue weighted by atomic mass is 32.2. The standard InChI is InChI=1S/C15H24N2O3S/c1-3-15(8-4-5-9-15)11-17-21(18,19)12-6-7-14(20-2)13(16)10-12/h6-7,10,17H,3-5,8-9,11,16H2,1-2H3. The van der Waals surface area contributed by atoms with E-state index in [-0.39, 0.29) is 10.3 Å². The van der Waals surface area contributed by atoms with Crippen LogP contribution in [0.4, 0.5) is 5.69 Å². The topological polar surface area (TPSA) is 81.4 Å². The highest BCUT2D eigenvalue weighted by Gasteiger charge is 2.33. The first-order valence-electron chi connectivity index (χ1n) is 7.36. The molecule has 1 aliphatic rings. The van der Waals surface area contributed by atoms with Gasteiger partial charge in [0.2, 0.25) is 10.0 Å². The Bertz CT molecular complexity index is 593. The third kappa shape index (κ3) is 3.49. The van der Waals surface area contributed by atoms with Crippen molar-refractivity contribution in [2.45, 2.75) is 43.9 Å². The number of nitrogen functional groups attached to an aromatic ring is 1. The Morgan fingerprint density at radius 2 is 2.00 bits per heavy atom. The van der Waals surface area contributed by atoms with E-state index in [1.807, 2.05) is 0 Å². The lowest BCUT2D eigenvalue weighted by Gasteiger charge is -2.27. The Kier molecular flexibility index (Phi) is 4.78. The monoisotopic (exact) mass is 312 g/mol. The SMILES string of the molecule is CCC1(CNS(=O)(=O)c2ccc(OC)c(N)c2)CCCC1. The van der Waals surface area contributed by atoms with E-state index >= 15 is 0 Å². The molecule has 1 aliphatic carbocycles. The van der Waals surface area contributed by atoms with Crippen LogP contribution in [0.1, 0.15) is 39.0 Å². The summed E-state index contributed by atoms with van der Waals surface area (Å²) in [6, 6.07) is 4.54. The van der Waals surface area contributed by atoms with Gasteiger partial charge in [-0.25, -0.2) is 13.1 Å². The summed E-state index contributed by atoms with van der Waals surface area (Å²) < 4.78 is 32.6. The highest BCUT2D eigenvalue weighted by molar-refractivity contribution is 7.89. The largest absolute Gasteiger partial charge is 0.495 e. The predicted molar refractivity (Wildman–Crippen MR) is 83.8 cm³/mol. The number of sulfonamides is 1. The molecule has 1 saturated carbocycles. The molecule has 6 heteroatoms. The van der Waals surface area contributed by atoms with E-state index < -0.39 is 10.0 Å². The van der Waals surface area contributed by atoms with Gasteiger partial charge in [0.05, 0.1) is 17.7 Å². The summed E-state index contributed by atoms with van der Waals surface area (Å²) in [4.78, 5) is 0.185. The minimum atomic E-state index is -3.53. The van der Waals surface area contributed by atoms with Crippen molar-refractivity contribution in [3.63, 3.8) is 0 Å². The number of hydrogen-bond donors (Lipinski definition) is 2. The Hall–Kier alpha value is -1.27. The van der Waals surface area contributed by atoms with Crippen molar-refractivity contribution in [3.05, 3.63) is 18.2 Å². The van der Waals surface area contributed by atoms with Crippen LogP contribution in [0.5, 0.6) is 5.75 Å². The molecule has 0 aliphatic heterocycles. The van der Waals surface area contributed by atoms with Crippen molar-refractivity contribution in [1.82, 2.24) is 4.72 Å². The zero-order valence-electron chi connectivity index (χ0n) is 12.7. The molecular weight excluding hydrogens is 288 g/mol. The third-order valence-corrected chi connectivity index (χ3v) is 5.96. The second kappa shape index (κ2) is 6.23. The molecule has 5 nitrogen and oxygen atoms in total. The molecule has 3 N–H and O–H groups in total. The van der Waals surface area contributed by atoms with Crippen molar-refractivity contribution < 1.29 is 13.2 Å². The lowest BCUT2D eigenvalue weighted by atomic mass is 9.84. The molecule has 118 valence electrons. The van der Waals surface area contributed by atoms with Gasteiger partial charge >= 0.3 is 0 Å². The molecule has 0 bridgehead atoms. The van der Waals surface area contributed by atoms with Crippen LogP contribution in [0.15, 0.2) is 23.1 Å². The number of anilines is 1. The van der Waals surface area contributed by atoms with Crippen LogP contribution in [-0.2, 0) is 10.0 Å². The Labute approximate surface area is 126 Å². The van der Waals surface area contributed by atoms with Gasteiger partial charge in [-0.2, -0.15) is 0 Å². The van der Waals surface area contributed by atoms with Crippen LogP contribution in [0.25, 0.3) is 0 Å². The lowest BCUT2D eigenvalue weighted by Crippen LogP contribution is -2.35. The summed E-state index contributed by atoms with van der Waals surface area (Å²) in [6.07, 6.45) is 5.56. The number of benzene rings is 1. The normalized spacial score (nSPS) is 17.8. The molecule has 0 radical (unpaired) electrons. The fourth-order valence-corrected chi connectivity index (χ4v) is 4.18. The van der Waals surface area contributed by atoms with Gasteiger partial charge in [-0.15, -0.1) is 0 Å². The van der Waals surface area contributed by atoms with Gasteiger partial charge in [-0.1, -0.05) is 19.8 Å². The average molecular weight is 312 g/mol. The van der Waals surface area contributed by atoms with E-state index in [2.05, 4.69) is 11.6 Å². The van der Waals surface area contributed by atoms with Crippen molar-refractivity contribution in [2.75, 3.05) is 19.4 Å². The molecule has 1 fully saturated rings. The van der Waals surface area contributed by atoms with Crippen LogP contribution in [-0.4, -0.2) is 22.1 Å². The molecule has 0 heterocycles. The maximum atomic E-state index is 12.4. The van der Waals surface area contributed by atoms with E-state index in [0.29, 0.717) is 18.0 Å². The maximum absolute atomic E-state index is 12.4. The van der Waals surface area contributed by atoms with Gasteiger partial charge in [0, 0.05) is 6.54 Å². The van der Waals surface area contributed by atoms with Crippen LogP contribution in [0.3, 0.4) is 0 Å². The van der Waals surface area contributed by atoms with Crippen molar-refractivity contribution in [1.29, 1.82) is 0 Å². The number of hydrogen-bond acceptors (Lipinski definition) is 4. The van der Waals surface area contributed by atoms with Gasteiger partial charge in [0.1, 0.15) is 5.75 Å². The van der Waals surface area contributed by atoms with Gasteiger partial charge < -0.3 is 10.5 Å². The first-order chi connectivity index (χ1) is 9.92. The Morgan fingerprint density at radius 3 is 2.52 bits per heavy atom. The van der Waals surface area contributed by atoms with Crippen molar-refractivity contribution in [2.24, 2.45) is 5.41 Å². The third-order valence-electron chi connectivity index (χ3n) is 4.56. The van der Waals surface area contributed by atoms with Crippen LogP contribution in [0, 0.1) is 5.41 Å². The molecule has 0 atom stereocenters. The lowest BCUT2D eigenvalue weighted by molar-refractivity contribution is 0.285. The summed E-state index contributed by atoms with van der Waals surface area (Å²) in [7, 11) is -2.03. The van der Waals surface area contributed by atoms with Gasteiger partial charge in [0.25, 0.3) is 0 Å². The zero-order valence-corrected chi connectivity index (χ0v) is 13.5. The second-order valence-corrected chi connectivity index (χ2v) is 7.56.